The number of rotatable bonds is 4. The third-order valence-electron chi connectivity index (χ3n) is 5.08. The van der Waals surface area contributed by atoms with Gasteiger partial charge in [-0.25, -0.2) is 15.0 Å². The van der Waals surface area contributed by atoms with Crippen LogP contribution in [0.25, 0.3) is 5.82 Å². The Morgan fingerprint density at radius 1 is 1.04 bits per heavy atom. The van der Waals surface area contributed by atoms with Crippen molar-refractivity contribution in [2.45, 2.75) is 20.3 Å². The number of carbonyl (C=O) groups excluding carboxylic acids is 1. The molecule has 1 aliphatic heterocycles. The molecule has 1 aromatic carbocycles. The molecule has 0 bridgehead atoms. The summed E-state index contributed by atoms with van der Waals surface area (Å²) in [6, 6.07) is 9.89. The largest absolute Gasteiger partial charge is 0.353 e. The van der Waals surface area contributed by atoms with Crippen LogP contribution in [0.4, 0.5) is 5.82 Å². The van der Waals surface area contributed by atoms with E-state index in [1.807, 2.05) is 52.9 Å². The zero-order valence-electron chi connectivity index (χ0n) is 16.2. The number of amides is 1. The van der Waals surface area contributed by atoms with Crippen molar-refractivity contribution in [2.24, 2.45) is 0 Å². The highest BCUT2D eigenvalue weighted by Gasteiger charge is 2.23. The Balaban J connectivity index is 1.44. The van der Waals surface area contributed by atoms with Gasteiger partial charge in [-0.1, -0.05) is 19.1 Å². The van der Waals surface area contributed by atoms with Crippen LogP contribution in [-0.4, -0.2) is 56.5 Å². The van der Waals surface area contributed by atoms with E-state index in [9.17, 15) is 4.79 Å². The normalized spacial score (nSPS) is 14.4. The topological polar surface area (TPSA) is 67.2 Å². The molecule has 0 aliphatic carbocycles. The molecule has 3 heterocycles. The maximum absolute atomic E-state index is 12.8. The number of aryl methyl sites for hydroxylation is 2. The van der Waals surface area contributed by atoms with E-state index in [0.717, 1.165) is 42.5 Å². The monoisotopic (exact) mass is 376 g/mol. The number of hydrogen-bond acceptors (Lipinski definition) is 5. The summed E-state index contributed by atoms with van der Waals surface area (Å²) in [5, 5.41) is 0. The van der Waals surface area contributed by atoms with Gasteiger partial charge in [-0.3, -0.25) is 9.36 Å². The highest BCUT2D eigenvalue weighted by molar-refractivity contribution is 5.94. The molecule has 0 spiro atoms. The van der Waals surface area contributed by atoms with E-state index >= 15 is 0 Å². The summed E-state index contributed by atoms with van der Waals surface area (Å²) < 4.78 is 1.87. The van der Waals surface area contributed by atoms with Gasteiger partial charge in [0.05, 0.1) is 0 Å². The van der Waals surface area contributed by atoms with Crippen LogP contribution >= 0.6 is 0 Å². The standard InChI is InChI=1S/C21H24N6O/c1-3-17-4-6-18(7-5-17)21(28)26-12-10-25(11-13-26)19-14-20(24-16(2)23-19)27-9-8-22-15-27/h4-9,14-15H,3,10-13H2,1-2H3. The van der Waals surface area contributed by atoms with Gasteiger partial charge in [0, 0.05) is 50.2 Å². The molecule has 1 saturated heterocycles. The minimum Gasteiger partial charge on any atom is -0.353 e. The SMILES string of the molecule is CCc1ccc(C(=O)N2CCN(c3cc(-n4ccnc4)nc(C)n3)CC2)cc1. The number of nitrogens with zero attached hydrogens (tertiary/aromatic N) is 6. The van der Waals surface area contributed by atoms with E-state index in [1.165, 1.54) is 5.56 Å². The molecule has 7 nitrogen and oxygen atoms in total. The van der Waals surface area contributed by atoms with Crippen molar-refractivity contribution in [3.05, 3.63) is 66.0 Å². The quantitative estimate of drug-likeness (QED) is 0.700. The van der Waals surface area contributed by atoms with Crippen LogP contribution in [0.3, 0.4) is 0 Å². The maximum Gasteiger partial charge on any atom is 0.253 e. The van der Waals surface area contributed by atoms with E-state index in [1.54, 1.807) is 12.5 Å². The molecule has 0 atom stereocenters. The molecule has 7 heteroatoms. The molecule has 144 valence electrons. The van der Waals surface area contributed by atoms with Gasteiger partial charge in [0.15, 0.2) is 0 Å². The third-order valence-corrected chi connectivity index (χ3v) is 5.08. The maximum atomic E-state index is 12.8. The minimum absolute atomic E-state index is 0.0975. The van der Waals surface area contributed by atoms with Gasteiger partial charge in [0.2, 0.25) is 0 Å². The van der Waals surface area contributed by atoms with Crippen LogP contribution in [0.1, 0.15) is 28.7 Å². The van der Waals surface area contributed by atoms with Crippen LogP contribution in [-0.2, 0) is 6.42 Å². The van der Waals surface area contributed by atoms with Crippen molar-refractivity contribution in [3.8, 4) is 5.82 Å². The number of piperazine rings is 1. The molecule has 0 N–H and O–H groups in total. The number of benzene rings is 1. The second-order valence-electron chi connectivity index (χ2n) is 6.93. The Hall–Kier alpha value is -3.22. The molecule has 1 aliphatic rings. The van der Waals surface area contributed by atoms with Crippen LogP contribution in [0.2, 0.25) is 0 Å². The molecule has 3 aromatic rings. The summed E-state index contributed by atoms with van der Waals surface area (Å²) in [6.45, 7) is 6.86. The van der Waals surface area contributed by atoms with Gasteiger partial charge in [0.1, 0.15) is 23.8 Å². The van der Waals surface area contributed by atoms with E-state index < -0.39 is 0 Å². The lowest BCUT2D eigenvalue weighted by Crippen LogP contribution is -2.49. The summed E-state index contributed by atoms with van der Waals surface area (Å²) in [7, 11) is 0. The van der Waals surface area contributed by atoms with Gasteiger partial charge in [0.25, 0.3) is 5.91 Å². The first-order valence-electron chi connectivity index (χ1n) is 9.61. The Labute approximate surface area is 164 Å². The summed E-state index contributed by atoms with van der Waals surface area (Å²) in [5.41, 5.74) is 2.00. The molecule has 0 saturated carbocycles. The van der Waals surface area contributed by atoms with Crippen molar-refractivity contribution >= 4 is 11.7 Å². The van der Waals surface area contributed by atoms with Gasteiger partial charge < -0.3 is 9.80 Å². The molecule has 4 rings (SSSR count). The van der Waals surface area contributed by atoms with Gasteiger partial charge in [-0.05, 0) is 31.0 Å². The number of anilines is 1. The average molecular weight is 376 g/mol. The minimum atomic E-state index is 0.0975. The van der Waals surface area contributed by atoms with Crippen LogP contribution in [0.15, 0.2) is 49.1 Å². The second-order valence-corrected chi connectivity index (χ2v) is 6.93. The first kappa shape index (κ1) is 18.2. The number of carbonyl (C=O) groups is 1. The van der Waals surface area contributed by atoms with Crippen molar-refractivity contribution in [3.63, 3.8) is 0 Å². The lowest BCUT2D eigenvalue weighted by atomic mass is 10.1. The fourth-order valence-corrected chi connectivity index (χ4v) is 3.43. The van der Waals surface area contributed by atoms with E-state index in [0.29, 0.717) is 13.1 Å². The molecule has 0 unspecified atom stereocenters. The zero-order valence-corrected chi connectivity index (χ0v) is 16.2. The Kier molecular flexibility index (Phi) is 5.06. The smallest absolute Gasteiger partial charge is 0.253 e. The Morgan fingerprint density at radius 2 is 1.75 bits per heavy atom. The fourth-order valence-electron chi connectivity index (χ4n) is 3.43. The van der Waals surface area contributed by atoms with E-state index in [4.69, 9.17) is 0 Å². The summed E-state index contributed by atoms with van der Waals surface area (Å²) in [5.74, 6) is 2.50. The molecular weight excluding hydrogens is 352 g/mol. The lowest BCUT2D eigenvalue weighted by molar-refractivity contribution is 0.0746. The first-order valence-corrected chi connectivity index (χ1v) is 9.61. The fraction of sp³-hybridized carbons (Fsp3) is 0.333. The molecule has 1 amide bonds. The summed E-state index contributed by atoms with van der Waals surface area (Å²) in [6.07, 6.45) is 6.30. The summed E-state index contributed by atoms with van der Waals surface area (Å²) >= 11 is 0. The Bertz CT molecular complexity index is 944. The lowest BCUT2D eigenvalue weighted by Gasteiger charge is -2.35. The Morgan fingerprint density at radius 3 is 2.39 bits per heavy atom. The average Bonchev–Trinajstić information content (AvgIpc) is 3.28. The van der Waals surface area contributed by atoms with Crippen molar-refractivity contribution < 1.29 is 4.79 Å². The number of imidazole rings is 1. The number of aromatic nitrogens is 4. The van der Waals surface area contributed by atoms with E-state index in [2.05, 4.69) is 26.8 Å². The van der Waals surface area contributed by atoms with Gasteiger partial charge >= 0.3 is 0 Å². The van der Waals surface area contributed by atoms with E-state index in [-0.39, 0.29) is 5.91 Å². The second kappa shape index (κ2) is 7.80. The van der Waals surface area contributed by atoms with Gasteiger partial charge in [-0.2, -0.15) is 0 Å². The third kappa shape index (κ3) is 3.74. The van der Waals surface area contributed by atoms with Crippen LogP contribution in [0.5, 0.6) is 0 Å². The molecule has 2 aromatic heterocycles. The first-order chi connectivity index (χ1) is 13.6. The van der Waals surface area contributed by atoms with Crippen LogP contribution in [0, 0.1) is 6.92 Å². The number of hydrogen-bond donors (Lipinski definition) is 0. The predicted molar refractivity (Wildman–Crippen MR) is 108 cm³/mol. The van der Waals surface area contributed by atoms with Gasteiger partial charge in [-0.15, -0.1) is 0 Å². The molecule has 1 fully saturated rings. The molecule has 0 radical (unpaired) electrons. The van der Waals surface area contributed by atoms with Crippen molar-refractivity contribution in [1.29, 1.82) is 0 Å². The van der Waals surface area contributed by atoms with Crippen LogP contribution < -0.4 is 4.90 Å². The summed E-state index contributed by atoms with van der Waals surface area (Å²) in [4.78, 5) is 30.1. The van der Waals surface area contributed by atoms with Crippen molar-refractivity contribution in [2.75, 3.05) is 31.1 Å². The molecule has 28 heavy (non-hydrogen) atoms. The van der Waals surface area contributed by atoms with Crippen molar-refractivity contribution in [1.82, 2.24) is 24.4 Å². The molecular formula is C21H24N6O. The highest BCUT2D eigenvalue weighted by atomic mass is 16.2. The predicted octanol–water partition coefficient (Wildman–Crippen LogP) is 2.50. The highest BCUT2D eigenvalue weighted by Crippen LogP contribution is 2.18. The zero-order chi connectivity index (χ0) is 19.5.